The zero-order valence-electron chi connectivity index (χ0n) is 10.2. The minimum Gasteiger partial charge on any atom is -0.493 e. The smallest absolute Gasteiger partial charge is 0.171 e. The number of rotatable bonds is 3. The van der Waals surface area contributed by atoms with Crippen molar-refractivity contribution in [2.45, 2.75) is 12.8 Å². The van der Waals surface area contributed by atoms with Crippen molar-refractivity contribution in [3.63, 3.8) is 0 Å². The molecule has 1 aliphatic carbocycles. The van der Waals surface area contributed by atoms with E-state index in [4.69, 9.17) is 20.6 Å². The van der Waals surface area contributed by atoms with Crippen molar-refractivity contribution in [1.29, 1.82) is 5.41 Å². The van der Waals surface area contributed by atoms with Crippen LogP contribution in [0.1, 0.15) is 27.9 Å². The van der Waals surface area contributed by atoms with Crippen LogP contribution < -0.4 is 15.2 Å². The zero-order valence-corrected chi connectivity index (χ0v) is 11.0. The summed E-state index contributed by atoms with van der Waals surface area (Å²) in [6.07, 6.45) is 1.03. The van der Waals surface area contributed by atoms with Gasteiger partial charge in [-0.15, -0.1) is 12.4 Å². The Kier molecular flexibility index (Phi) is 4.19. The molecule has 0 spiro atoms. The molecule has 0 bridgehead atoms. The Morgan fingerprint density at radius 1 is 1.33 bits per heavy atom. The van der Waals surface area contributed by atoms with Gasteiger partial charge in [0.25, 0.3) is 0 Å². The molecule has 0 aliphatic heterocycles. The molecule has 0 saturated heterocycles. The molecule has 2 rings (SSSR count). The quantitative estimate of drug-likeness (QED) is 0.644. The molecule has 0 fully saturated rings. The third-order valence-corrected chi connectivity index (χ3v) is 2.95. The molecule has 5 nitrogen and oxygen atoms in total. The molecule has 0 heterocycles. The summed E-state index contributed by atoms with van der Waals surface area (Å²) in [5.41, 5.74) is 7.38. The summed E-state index contributed by atoms with van der Waals surface area (Å²) in [5, 5.41) is 7.54. The van der Waals surface area contributed by atoms with E-state index in [1.54, 1.807) is 6.07 Å². The number of benzene rings is 1. The third-order valence-electron chi connectivity index (χ3n) is 2.95. The minimum atomic E-state index is -0.0584. The van der Waals surface area contributed by atoms with Crippen molar-refractivity contribution in [1.82, 2.24) is 0 Å². The van der Waals surface area contributed by atoms with E-state index < -0.39 is 0 Å². The van der Waals surface area contributed by atoms with E-state index >= 15 is 0 Å². The van der Waals surface area contributed by atoms with Gasteiger partial charge < -0.3 is 15.2 Å². The summed E-state index contributed by atoms with van der Waals surface area (Å²) < 4.78 is 10.4. The second-order valence-corrected chi connectivity index (χ2v) is 3.85. The van der Waals surface area contributed by atoms with E-state index in [-0.39, 0.29) is 24.0 Å². The van der Waals surface area contributed by atoms with Crippen LogP contribution in [0, 0.1) is 5.41 Å². The number of methoxy groups -OCH3 is 2. The normalized spacial score (nSPS) is 12.7. The largest absolute Gasteiger partial charge is 0.493 e. The van der Waals surface area contributed by atoms with E-state index in [0.29, 0.717) is 35.5 Å². The number of hydrogen-bond donors (Lipinski definition) is 2. The predicted molar refractivity (Wildman–Crippen MR) is 70.5 cm³/mol. The number of nitrogens with one attached hydrogen (secondary N) is 1. The first-order valence-electron chi connectivity index (χ1n) is 5.25. The molecule has 0 unspecified atom stereocenters. The number of ketones is 1. The highest BCUT2D eigenvalue weighted by atomic mass is 35.5. The number of amidine groups is 1. The van der Waals surface area contributed by atoms with Gasteiger partial charge in [0.05, 0.1) is 19.8 Å². The van der Waals surface area contributed by atoms with Gasteiger partial charge in [-0.05, 0) is 18.1 Å². The van der Waals surface area contributed by atoms with Gasteiger partial charge in [-0.25, -0.2) is 0 Å². The summed E-state index contributed by atoms with van der Waals surface area (Å²) in [6, 6.07) is 1.65. The number of fused-ring (bicyclic) bond motifs is 1. The maximum absolute atomic E-state index is 11.8. The number of ether oxygens (including phenoxy) is 2. The lowest BCUT2D eigenvalue weighted by atomic mass is 10.0. The summed E-state index contributed by atoms with van der Waals surface area (Å²) in [7, 11) is 2.99. The fourth-order valence-corrected chi connectivity index (χ4v) is 2.19. The summed E-state index contributed by atoms with van der Waals surface area (Å²) in [5.74, 6) is 0.830. The van der Waals surface area contributed by atoms with Gasteiger partial charge >= 0.3 is 0 Å². The van der Waals surface area contributed by atoms with Crippen LogP contribution in [0.15, 0.2) is 6.07 Å². The molecule has 6 heteroatoms. The fourth-order valence-electron chi connectivity index (χ4n) is 2.19. The average molecular weight is 271 g/mol. The number of carbonyl (C=O) groups is 1. The first kappa shape index (κ1) is 14.3. The fraction of sp³-hybridized carbons (Fsp3) is 0.333. The molecule has 0 aromatic heterocycles. The Balaban J connectivity index is 0.00000162. The Morgan fingerprint density at radius 3 is 2.50 bits per heavy atom. The van der Waals surface area contributed by atoms with Gasteiger partial charge in [0.1, 0.15) is 5.84 Å². The van der Waals surface area contributed by atoms with Crippen LogP contribution in [0.4, 0.5) is 0 Å². The van der Waals surface area contributed by atoms with E-state index in [9.17, 15) is 4.79 Å². The Labute approximate surface area is 111 Å². The third kappa shape index (κ3) is 2.01. The Bertz CT molecular complexity index is 515. The first-order chi connectivity index (χ1) is 8.10. The monoisotopic (exact) mass is 270 g/mol. The maximum Gasteiger partial charge on any atom is 0.171 e. The number of nitrogen functional groups attached to an aromatic ring is 1. The van der Waals surface area contributed by atoms with Crippen molar-refractivity contribution in [3.05, 3.63) is 22.8 Å². The highest BCUT2D eigenvalue weighted by Crippen LogP contribution is 2.40. The zero-order chi connectivity index (χ0) is 12.6. The molecule has 98 valence electrons. The maximum atomic E-state index is 11.8. The average Bonchev–Trinajstić information content (AvgIpc) is 2.69. The van der Waals surface area contributed by atoms with E-state index in [0.717, 1.165) is 5.56 Å². The van der Waals surface area contributed by atoms with Crippen LogP contribution in [-0.4, -0.2) is 25.8 Å². The van der Waals surface area contributed by atoms with Crippen molar-refractivity contribution < 1.29 is 14.3 Å². The van der Waals surface area contributed by atoms with E-state index in [2.05, 4.69) is 0 Å². The molecular weight excluding hydrogens is 256 g/mol. The summed E-state index contributed by atoms with van der Waals surface area (Å²) in [4.78, 5) is 11.8. The molecule has 1 aromatic carbocycles. The Hall–Kier alpha value is -1.75. The van der Waals surface area contributed by atoms with Crippen LogP contribution in [0.5, 0.6) is 11.5 Å². The second-order valence-electron chi connectivity index (χ2n) is 3.85. The predicted octanol–water partition coefficient (Wildman–Crippen LogP) is 1.54. The van der Waals surface area contributed by atoms with Gasteiger partial charge in [-0.1, -0.05) is 0 Å². The molecule has 18 heavy (non-hydrogen) atoms. The number of nitrogens with two attached hydrogens (primary N) is 1. The second kappa shape index (κ2) is 5.27. The minimum absolute atomic E-state index is 0. The van der Waals surface area contributed by atoms with Crippen molar-refractivity contribution >= 4 is 24.0 Å². The molecule has 0 saturated carbocycles. The molecule has 1 aromatic rings. The molecule has 0 atom stereocenters. The van der Waals surface area contributed by atoms with E-state index in [1.165, 1.54) is 14.2 Å². The van der Waals surface area contributed by atoms with Crippen LogP contribution in [0.2, 0.25) is 0 Å². The Morgan fingerprint density at radius 2 is 2.00 bits per heavy atom. The van der Waals surface area contributed by atoms with Crippen LogP contribution in [0.25, 0.3) is 0 Å². The summed E-state index contributed by atoms with van der Waals surface area (Å²) in [6.45, 7) is 0. The van der Waals surface area contributed by atoms with Crippen LogP contribution >= 0.6 is 12.4 Å². The summed E-state index contributed by atoms with van der Waals surface area (Å²) >= 11 is 0. The van der Waals surface area contributed by atoms with Crippen molar-refractivity contribution in [3.8, 4) is 11.5 Å². The highest BCUT2D eigenvalue weighted by Gasteiger charge is 2.30. The van der Waals surface area contributed by atoms with Gasteiger partial charge in [0.15, 0.2) is 17.3 Å². The SMILES string of the molecule is COc1cc(C(=N)N)c2c(c1OC)C(=O)CC2.Cl. The number of Topliss-reactive ketones (excluding diaryl/α,β-unsaturated/α-hetero) is 1. The number of hydrogen-bond acceptors (Lipinski definition) is 4. The van der Waals surface area contributed by atoms with Gasteiger partial charge in [0.2, 0.25) is 0 Å². The molecule has 0 radical (unpaired) electrons. The molecule has 3 N–H and O–H groups in total. The lowest BCUT2D eigenvalue weighted by molar-refractivity contribution is 0.0991. The number of halogens is 1. The van der Waals surface area contributed by atoms with E-state index in [1.807, 2.05) is 0 Å². The number of carbonyl (C=O) groups excluding carboxylic acids is 1. The van der Waals surface area contributed by atoms with Crippen molar-refractivity contribution in [2.75, 3.05) is 14.2 Å². The standard InChI is InChI=1S/C12H14N2O3.ClH/c1-16-9-5-7(12(13)14)6-3-4-8(15)10(6)11(9)17-2;/h5H,3-4H2,1-2H3,(H3,13,14);1H. The van der Waals surface area contributed by atoms with Crippen molar-refractivity contribution in [2.24, 2.45) is 5.73 Å². The van der Waals surface area contributed by atoms with Crippen LogP contribution in [0.3, 0.4) is 0 Å². The highest BCUT2D eigenvalue weighted by molar-refractivity contribution is 6.08. The molecule has 1 aliphatic rings. The first-order valence-corrected chi connectivity index (χ1v) is 5.25. The van der Waals surface area contributed by atoms with Gasteiger partial charge in [-0.3, -0.25) is 10.2 Å². The van der Waals surface area contributed by atoms with Crippen LogP contribution in [-0.2, 0) is 6.42 Å². The van der Waals surface area contributed by atoms with Gasteiger partial charge in [0, 0.05) is 12.0 Å². The molecular formula is C12H15ClN2O3. The molecule has 0 amide bonds. The lowest BCUT2D eigenvalue weighted by Gasteiger charge is -2.14. The van der Waals surface area contributed by atoms with Gasteiger partial charge in [-0.2, -0.15) is 0 Å². The topological polar surface area (TPSA) is 85.4 Å². The lowest BCUT2D eigenvalue weighted by Crippen LogP contribution is -2.15.